The summed E-state index contributed by atoms with van der Waals surface area (Å²) in [5, 5.41) is 11.1. The summed E-state index contributed by atoms with van der Waals surface area (Å²) in [6.07, 6.45) is 3.75. The number of anilines is 1. The van der Waals surface area contributed by atoms with Crippen molar-refractivity contribution in [1.29, 1.82) is 0 Å². The average molecular weight is 396 g/mol. The van der Waals surface area contributed by atoms with E-state index >= 15 is 0 Å². The van der Waals surface area contributed by atoms with Gasteiger partial charge in [-0.2, -0.15) is 0 Å². The van der Waals surface area contributed by atoms with Gasteiger partial charge in [0.1, 0.15) is 5.60 Å². The summed E-state index contributed by atoms with van der Waals surface area (Å²) >= 11 is 0. The molecule has 4 nitrogen and oxygen atoms in total. The average Bonchev–Trinajstić information content (AvgIpc) is 2.70. The number of rotatable bonds is 8. The number of hydrogen-bond acceptors (Lipinski definition) is 4. The van der Waals surface area contributed by atoms with Crippen molar-refractivity contribution in [2.45, 2.75) is 70.0 Å². The van der Waals surface area contributed by atoms with E-state index < -0.39 is 17.6 Å². The Morgan fingerprint density at radius 3 is 2.52 bits per heavy atom. The number of aryl methyl sites for hydroxylation is 1. The van der Waals surface area contributed by atoms with Crippen LogP contribution in [0.4, 0.5) is 5.69 Å². The van der Waals surface area contributed by atoms with E-state index in [2.05, 4.69) is 19.1 Å². The molecule has 0 radical (unpaired) electrons. The molecule has 0 bridgehead atoms. The quantitative estimate of drug-likeness (QED) is 0.495. The smallest absolute Gasteiger partial charge is 0.312 e. The minimum absolute atomic E-state index is 0.102. The molecule has 156 valence electrons. The van der Waals surface area contributed by atoms with E-state index in [0.29, 0.717) is 12.1 Å². The fourth-order valence-corrected chi connectivity index (χ4v) is 4.81. The van der Waals surface area contributed by atoms with E-state index in [1.807, 2.05) is 49.4 Å². The van der Waals surface area contributed by atoms with Crippen LogP contribution in [0, 0.1) is 5.92 Å². The fourth-order valence-electron chi connectivity index (χ4n) is 4.81. The summed E-state index contributed by atoms with van der Waals surface area (Å²) in [4.78, 5) is 13.2. The fraction of sp³-hybridized carbons (Fsp3) is 0.480. The van der Waals surface area contributed by atoms with E-state index in [9.17, 15) is 9.90 Å². The minimum Gasteiger partial charge on any atom is -0.459 e. The lowest BCUT2D eigenvalue weighted by molar-refractivity contribution is -0.191. The first kappa shape index (κ1) is 21.4. The van der Waals surface area contributed by atoms with Gasteiger partial charge in [-0.3, -0.25) is 4.79 Å². The van der Waals surface area contributed by atoms with E-state index in [1.165, 1.54) is 5.56 Å². The molecule has 1 heterocycles. The molecule has 2 aromatic carbocycles. The summed E-state index contributed by atoms with van der Waals surface area (Å²) in [7, 11) is 0. The molecule has 0 saturated carbocycles. The van der Waals surface area contributed by atoms with Gasteiger partial charge in [-0.15, -0.1) is 0 Å². The Balaban J connectivity index is 1.79. The number of nitrogens with two attached hydrogens (primary N) is 1. The molecule has 2 aromatic rings. The van der Waals surface area contributed by atoms with Crippen LogP contribution in [0.15, 0.2) is 54.6 Å². The molecule has 3 rings (SSSR count). The predicted molar refractivity (Wildman–Crippen MR) is 116 cm³/mol. The van der Waals surface area contributed by atoms with Gasteiger partial charge in [-0.05, 0) is 54.9 Å². The van der Waals surface area contributed by atoms with Crippen LogP contribution < -0.4 is 5.73 Å². The van der Waals surface area contributed by atoms with E-state index in [1.54, 1.807) is 0 Å². The van der Waals surface area contributed by atoms with Crippen LogP contribution in [0.5, 0.6) is 0 Å². The van der Waals surface area contributed by atoms with Crippen LogP contribution in [0.1, 0.15) is 63.0 Å². The number of carbonyl (C=O) groups is 1. The molecule has 3 N–H and O–H groups in total. The molecule has 4 heteroatoms. The second kappa shape index (κ2) is 9.45. The first-order valence-electron chi connectivity index (χ1n) is 10.8. The Hall–Kier alpha value is -2.33. The minimum atomic E-state index is -0.718. The van der Waals surface area contributed by atoms with Crippen molar-refractivity contribution in [2.75, 3.05) is 5.73 Å². The largest absolute Gasteiger partial charge is 0.459 e. The zero-order valence-electron chi connectivity index (χ0n) is 17.5. The van der Waals surface area contributed by atoms with Crippen LogP contribution in [0.2, 0.25) is 0 Å². The molecule has 0 spiro atoms. The van der Waals surface area contributed by atoms with Gasteiger partial charge >= 0.3 is 5.97 Å². The Labute approximate surface area is 174 Å². The van der Waals surface area contributed by atoms with Gasteiger partial charge in [-0.25, -0.2) is 0 Å². The van der Waals surface area contributed by atoms with Gasteiger partial charge in [0.25, 0.3) is 0 Å². The second-order valence-electron chi connectivity index (χ2n) is 8.32. The zero-order chi connectivity index (χ0) is 20.9. The van der Waals surface area contributed by atoms with Gasteiger partial charge in [0.15, 0.2) is 0 Å². The SMILES string of the molecule is CCC[C@@]1(CCc2ccccc2)CC(O)C([C@H](CC)c2cccc(N)c2)C(=O)O1. The Morgan fingerprint density at radius 1 is 1.14 bits per heavy atom. The highest BCUT2D eigenvalue weighted by Gasteiger charge is 2.48. The number of ether oxygens (including phenoxy) is 1. The lowest BCUT2D eigenvalue weighted by Gasteiger charge is -2.44. The summed E-state index contributed by atoms with van der Waals surface area (Å²) in [6, 6.07) is 17.9. The molecule has 1 fully saturated rings. The third kappa shape index (κ3) is 4.99. The zero-order valence-corrected chi connectivity index (χ0v) is 17.5. The standard InChI is InChI=1S/C25H33NO3/c1-3-14-25(15-13-18-9-6-5-7-10-18)17-22(27)23(24(28)29-25)21(4-2)19-11-8-12-20(26)16-19/h5-12,16,21-23,27H,3-4,13-15,17,26H2,1-2H3/t21-,22?,23?,25-/m1/s1. The molecule has 4 atom stereocenters. The maximum Gasteiger partial charge on any atom is 0.312 e. The van der Waals surface area contributed by atoms with E-state index in [4.69, 9.17) is 10.5 Å². The van der Waals surface area contributed by atoms with Crippen molar-refractivity contribution in [3.63, 3.8) is 0 Å². The third-order valence-corrected chi connectivity index (χ3v) is 6.21. The highest BCUT2D eigenvalue weighted by Crippen LogP contribution is 2.43. The van der Waals surface area contributed by atoms with Gasteiger partial charge in [0.05, 0.1) is 12.0 Å². The van der Waals surface area contributed by atoms with Crippen LogP contribution in [0.3, 0.4) is 0 Å². The highest BCUT2D eigenvalue weighted by atomic mass is 16.6. The van der Waals surface area contributed by atoms with Crippen molar-refractivity contribution in [2.24, 2.45) is 5.92 Å². The van der Waals surface area contributed by atoms with Crippen LogP contribution >= 0.6 is 0 Å². The van der Waals surface area contributed by atoms with Gasteiger partial charge in [-0.1, -0.05) is 62.7 Å². The predicted octanol–water partition coefficient (Wildman–Crippen LogP) is 4.86. The van der Waals surface area contributed by atoms with Gasteiger partial charge in [0.2, 0.25) is 0 Å². The summed E-state index contributed by atoms with van der Waals surface area (Å²) in [6.45, 7) is 4.13. The van der Waals surface area contributed by atoms with Crippen molar-refractivity contribution < 1.29 is 14.6 Å². The van der Waals surface area contributed by atoms with Crippen molar-refractivity contribution >= 4 is 11.7 Å². The molecule has 1 aliphatic rings. The van der Waals surface area contributed by atoms with Crippen molar-refractivity contribution in [3.8, 4) is 0 Å². The lowest BCUT2D eigenvalue weighted by atomic mass is 9.73. The molecule has 1 aliphatic heterocycles. The first-order valence-corrected chi connectivity index (χ1v) is 10.8. The molecule has 29 heavy (non-hydrogen) atoms. The molecule has 0 aromatic heterocycles. The van der Waals surface area contributed by atoms with Gasteiger partial charge < -0.3 is 15.6 Å². The monoisotopic (exact) mass is 395 g/mol. The number of carbonyl (C=O) groups excluding carboxylic acids is 1. The summed E-state index contributed by atoms with van der Waals surface area (Å²) < 4.78 is 6.12. The molecule has 1 saturated heterocycles. The highest BCUT2D eigenvalue weighted by molar-refractivity contribution is 5.76. The number of cyclic esters (lactones) is 1. The number of esters is 1. The molecular weight excluding hydrogens is 362 g/mol. The molecule has 0 amide bonds. The molecule has 0 aliphatic carbocycles. The summed E-state index contributed by atoms with van der Waals surface area (Å²) in [5.41, 5.74) is 8.24. The second-order valence-corrected chi connectivity index (χ2v) is 8.32. The first-order chi connectivity index (χ1) is 14.0. The van der Waals surface area contributed by atoms with Gasteiger partial charge in [0, 0.05) is 12.1 Å². The van der Waals surface area contributed by atoms with Crippen molar-refractivity contribution in [1.82, 2.24) is 0 Å². The maximum atomic E-state index is 13.2. The topological polar surface area (TPSA) is 72.5 Å². The number of benzene rings is 2. The molecular formula is C25H33NO3. The number of hydrogen-bond donors (Lipinski definition) is 2. The number of aliphatic hydroxyl groups excluding tert-OH is 1. The number of nitrogen functional groups attached to an aromatic ring is 1. The Morgan fingerprint density at radius 2 is 1.90 bits per heavy atom. The lowest BCUT2D eigenvalue weighted by Crippen LogP contribution is -2.51. The van der Waals surface area contributed by atoms with Crippen LogP contribution in [-0.2, 0) is 16.0 Å². The van der Waals surface area contributed by atoms with Crippen LogP contribution in [-0.4, -0.2) is 22.8 Å². The van der Waals surface area contributed by atoms with E-state index in [0.717, 1.165) is 37.7 Å². The third-order valence-electron chi connectivity index (χ3n) is 6.21. The van der Waals surface area contributed by atoms with Crippen LogP contribution in [0.25, 0.3) is 0 Å². The normalized spacial score (nSPS) is 25.4. The Bertz CT molecular complexity index is 807. The maximum absolute atomic E-state index is 13.2. The molecule has 2 unspecified atom stereocenters. The summed E-state index contributed by atoms with van der Waals surface area (Å²) in [5.74, 6) is -0.933. The van der Waals surface area contributed by atoms with E-state index in [-0.39, 0.29) is 11.9 Å². The van der Waals surface area contributed by atoms with Crippen molar-refractivity contribution in [3.05, 3.63) is 65.7 Å². The number of aliphatic hydroxyl groups is 1. The Kier molecular flexibility index (Phi) is 6.96.